The van der Waals surface area contributed by atoms with Crippen molar-refractivity contribution in [2.24, 2.45) is 0 Å². The van der Waals surface area contributed by atoms with Gasteiger partial charge in [-0.05, 0) is 31.0 Å². The van der Waals surface area contributed by atoms with E-state index < -0.39 is 0 Å². The lowest BCUT2D eigenvalue weighted by molar-refractivity contribution is 0.221. The number of benzene rings is 2. The van der Waals surface area contributed by atoms with Gasteiger partial charge < -0.3 is 20.5 Å². The number of nitrogens with one attached hydrogen (secondary N) is 2. The molecule has 2 aromatic rings. The molecule has 24 heavy (non-hydrogen) atoms. The van der Waals surface area contributed by atoms with E-state index in [0.29, 0.717) is 17.9 Å². The second kappa shape index (κ2) is 8.93. The molecule has 5 heteroatoms. The van der Waals surface area contributed by atoms with Gasteiger partial charge in [-0.3, -0.25) is 0 Å². The summed E-state index contributed by atoms with van der Waals surface area (Å²) in [5.74, 6) is 0.598. The first-order valence-electron chi connectivity index (χ1n) is 8.13. The lowest BCUT2D eigenvalue weighted by atomic mass is 10.1. The Bertz CT molecular complexity index is 642. The van der Waals surface area contributed by atoms with E-state index in [9.17, 15) is 9.90 Å². The van der Waals surface area contributed by atoms with Crippen LogP contribution in [0.25, 0.3) is 0 Å². The van der Waals surface area contributed by atoms with Crippen molar-refractivity contribution in [1.82, 2.24) is 5.32 Å². The van der Waals surface area contributed by atoms with Gasteiger partial charge in [-0.15, -0.1) is 0 Å². The topological polar surface area (TPSA) is 70.6 Å². The van der Waals surface area contributed by atoms with Crippen LogP contribution in [0.4, 0.5) is 10.5 Å². The Hall–Kier alpha value is -2.53. The van der Waals surface area contributed by atoms with Crippen LogP contribution in [0.2, 0.25) is 0 Å². The maximum Gasteiger partial charge on any atom is 0.319 e. The van der Waals surface area contributed by atoms with Crippen LogP contribution >= 0.6 is 0 Å². The van der Waals surface area contributed by atoms with E-state index in [2.05, 4.69) is 10.6 Å². The standard InChI is InChI=1S/C19H24N2O3/c1-3-16(13-22)20-19(23)21-17-11-7-8-12-18(17)24-14(2)15-9-5-4-6-10-15/h4-12,14,16,22H,3,13H2,1-2H3,(H2,20,21,23). The minimum Gasteiger partial charge on any atom is -0.484 e. The van der Waals surface area contributed by atoms with Gasteiger partial charge >= 0.3 is 6.03 Å². The van der Waals surface area contributed by atoms with Gasteiger partial charge in [0.1, 0.15) is 11.9 Å². The molecule has 2 amide bonds. The van der Waals surface area contributed by atoms with E-state index in [1.165, 1.54) is 0 Å². The molecule has 2 atom stereocenters. The summed E-state index contributed by atoms with van der Waals surface area (Å²) in [6.07, 6.45) is 0.519. The number of aliphatic hydroxyl groups excluding tert-OH is 1. The first kappa shape index (κ1) is 17.8. The van der Waals surface area contributed by atoms with Crippen molar-refractivity contribution in [3.05, 3.63) is 60.2 Å². The molecule has 2 rings (SSSR count). The summed E-state index contributed by atoms with van der Waals surface area (Å²) in [5, 5.41) is 14.7. The van der Waals surface area contributed by atoms with Crippen LogP contribution in [0.1, 0.15) is 31.9 Å². The molecule has 0 saturated heterocycles. The lowest BCUT2D eigenvalue weighted by Crippen LogP contribution is -2.39. The molecule has 0 radical (unpaired) electrons. The number of aliphatic hydroxyl groups is 1. The molecule has 0 spiro atoms. The highest BCUT2D eigenvalue weighted by molar-refractivity contribution is 5.91. The van der Waals surface area contributed by atoms with Gasteiger partial charge in [0.05, 0.1) is 18.3 Å². The maximum atomic E-state index is 12.1. The summed E-state index contributed by atoms with van der Waals surface area (Å²) < 4.78 is 6.00. The number of anilines is 1. The lowest BCUT2D eigenvalue weighted by Gasteiger charge is -2.19. The highest BCUT2D eigenvalue weighted by Crippen LogP contribution is 2.28. The monoisotopic (exact) mass is 328 g/mol. The summed E-state index contributed by atoms with van der Waals surface area (Å²) in [4.78, 5) is 12.1. The summed E-state index contributed by atoms with van der Waals surface area (Å²) in [6.45, 7) is 3.78. The molecule has 0 saturated carbocycles. The number of carbonyl (C=O) groups excluding carboxylic acids is 1. The van der Waals surface area contributed by atoms with Gasteiger partial charge in [-0.1, -0.05) is 49.4 Å². The zero-order valence-corrected chi connectivity index (χ0v) is 14.0. The normalized spacial score (nSPS) is 13.0. The molecule has 0 bridgehead atoms. The van der Waals surface area contributed by atoms with Crippen molar-refractivity contribution in [1.29, 1.82) is 0 Å². The summed E-state index contributed by atoms with van der Waals surface area (Å²) >= 11 is 0. The van der Waals surface area contributed by atoms with Gasteiger partial charge in [0.2, 0.25) is 0 Å². The van der Waals surface area contributed by atoms with Gasteiger partial charge in [-0.25, -0.2) is 4.79 Å². The van der Waals surface area contributed by atoms with E-state index in [1.54, 1.807) is 6.07 Å². The number of urea groups is 1. The second-order valence-corrected chi connectivity index (χ2v) is 5.55. The third-order valence-corrected chi connectivity index (χ3v) is 3.76. The molecule has 2 aromatic carbocycles. The van der Waals surface area contributed by atoms with Crippen molar-refractivity contribution >= 4 is 11.7 Å². The van der Waals surface area contributed by atoms with Crippen LogP contribution in [-0.2, 0) is 0 Å². The highest BCUT2D eigenvalue weighted by Gasteiger charge is 2.13. The van der Waals surface area contributed by atoms with Crippen LogP contribution in [0.3, 0.4) is 0 Å². The van der Waals surface area contributed by atoms with Crippen LogP contribution in [-0.4, -0.2) is 23.8 Å². The Labute approximate surface area is 142 Å². The van der Waals surface area contributed by atoms with E-state index in [1.807, 2.05) is 62.4 Å². The van der Waals surface area contributed by atoms with Crippen molar-refractivity contribution in [2.75, 3.05) is 11.9 Å². The Morgan fingerprint density at radius 1 is 1.12 bits per heavy atom. The molecule has 0 aliphatic heterocycles. The number of hydrogen-bond acceptors (Lipinski definition) is 3. The Kier molecular flexibility index (Phi) is 6.63. The molecular weight excluding hydrogens is 304 g/mol. The Morgan fingerprint density at radius 2 is 1.79 bits per heavy atom. The zero-order chi connectivity index (χ0) is 17.4. The molecule has 0 fully saturated rings. The molecule has 0 aliphatic carbocycles. The van der Waals surface area contributed by atoms with E-state index >= 15 is 0 Å². The fourth-order valence-corrected chi connectivity index (χ4v) is 2.28. The molecule has 0 heterocycles. The quantitative estimate of drug-likeness (QED) is 0.725. The summed E-state index contributed by atoms with van der Waals surface area (Å²) in [6, 6.07) is 16.6. The van der Waals surface area contributed by atoms with E-state index in [4.69, 9.17) is 4.74 Å². The van der Waals surface area contributed by atoms with Gasteiger partial charge in [-0.2, -0.15) is 0 Å². The molecule has 0 aromatic heterocycles. The molecule has 0 aliphatic rings. The summed E-state index contributed by atoms with van der Waals surface area (Å²) in [7, 11) is 0. The Morgan fingerprint density at radius 3 is 2.46 bits per heavy atom. The first-order valence-corrected chi connectivity index (χ1v) is 8.13. The summed E-state index contributed by atoms with van der Waals surface area (Å²) in [5.41, 5.74) is 1.65. The fourth-order valence-electron chi connectivity index (χ4n) is 2.28. The largest absolute Gasteiger partial charge is 0.484 e. The second-order valence-electron chi connectivity index (χ2n) is 5.55. The zero-order valence-electron chi connectivity index (χ0n) is 14.0. The average molecular weight is 328 g/mol. The van der Waals surface area contributed by atoms with Gasteiger partial charge in [0.25, 0.3) is 0 Å². The van der Waals surface area contributed by atoms with Crippen molar-refractivity contribution in [3.8, 4) is 5.75 Å². The van der Waals surface area contributed by atoms with Crippen LogP contribution < -0.4 is 15.4 Å². The number of carbonyl (C=O) groups is 1. The predicted molar refractivity (Wildman–Crippen MR) is 95.2 cm³/mol. The van der Waals surface area contributed by atoms with Crippen LogP contribution in [0, 0.1) is 0 Å². The maximum absolute atomic E-state index is 12.1. The van der Waals surface area contributed by atoms with E-state index in [0.717, 1.165) is 5.56 Å². The number of hydrogen-bond donors (Lipinski definition) is 3. The predicted octanol–water partition coefficient (Wildman–Crippen LogP) is 3.72. The Balaban J connectivity index is 2.06. The number of amides is 2. The smallest absolute Gasteiger partial charge is 0.319 e. The van der Waals surface area contributed by atoms with Crippen LogP contribution in [0.5, 0.6) is 5.75 Å². The SMILES string of the molecule is CCC(CO)NC(=O)Nc1ccccc1OC(C)c1ccccc1. The number of rotatable bonds is 7. The van der Waals surface area contributed by atoms with Gasteiger partial charge in [0, 0.05) is 0 Å². The number of para-hydroxylation sites is 2. The molecule has 2 unspecified atom stereocenters. The van der Waals surface area contributed by atoms with Crippen molar-refractivity contribution in [3.63, 3.8) is 0 Å². The third kappa shape index (κ3) is 4.99. The number of ether oxygens (including phenoxy) is 1. The molecule has 3 N–H and O–H groups in total. The van der Waals surface area contributed by atoms with E-state index in [-0.39, 0.29) is 24.8 Å². The average Bonchev–Trinajstić information content (AvgIpc) is 2.62. The van der Waals surface area contributed by atoms with Crippen molar-refractivity contribution in [2.45, 2.75) is 32.4 Å². The first-order chi connectivity index (χ1) is 11.6. The highest BCUT2D eigenvalue weighted by atomic mass is 16.5. The third-order valence-electron chi connectivity index (χ3n) is 3.76. The minimum atomic E-state index is -0.362. The molecule has 5 nitrogen and oxygen atoms in total. The van der Waals surface area contributed by atoms with Gasteiger partial charge in [0.15, 0.2) is 0 Å². The fraction of sp³-hybridized carbons (Fsp3) is 0.316. The van der Waals surface area contributed by atoms with Crippen LogP contribution in [0.15, 0.2) is 54.6 Å². The van der Waals surface area contributed by atoms with Crippen molar-refractivity contribution < 1.29 is 14.6 Å². The minimum absolute atomic E-state index is 0.0902. The molecular formula is C19H24N2O3. The molecule has 128 valence electrons.